The van der Waals surface area contributed by atoms with Crippen LogP contribution in [0.15, 0.2) is 18.2 Å². The molecule has 1 amide bonds. The van der Waals surface area contributed by atoms with E-state index in [0.29, 0.717) is 16.9 Å². The van der Waals surface area contributed by atoms with Crippen molar-refractivity contribution in [1.29, 1.82) is 0 Å². The Labute approximate surface area is 133 Å². The van der Waals surface area contributed by atoms with Crippen molar-refractivity contribution in [3.8, 4) is 0 Å². The summed E-state index contributed by atoms with van der Waals surface area (Å²) >= 11 is 0. The molecule has 0 unspecified atom stereocenters. The van der Waals surface area contributed by atoms with Crippen LogP contribution in [0.3, 0.4) is 0 Å². The number of benzene rings is 1. The zero-order valence-electron chi connectivity index (χ0n) is 13.6. The van der Waals surface area contributed by atoms with Crippen molar-refractivity contribution < 1.29 is 13.6 Å². The second-order valence-corrected chi connectivity index (χ2v) is 5.96. The Bertz CT molecular complexity index is 705. The first-order valence-corrected chi connectivity index (χ1v) is 7.22. The molecule has 23 heavy (non-hydrogen) atoms. The average molecular weight is 322 g/mol. The van der Waals surface area contributed by atoms with Gasteiger partial charge in [-0.25, -0.2) is 8.78 Å². The third-order valence-electron chi connectivity index (χ3n) is 3.72. The molecule has 0 fully saturated rings. The van der Waals surface area contributed by atoms with Gasteiger partial charge >= 0.3 is 0 Å². The summed E-state index contributed by atoms with van der Waals surface area (Å²) < 4.78 is 26.4. The molecule has 0 bridgehead atoms. The highest BCUT2D eigenvalue weighted by molar-refractivity contribution is 5.93. The number of anilines is 1. The van der Waals surface area contributed by atoms with Crippen LogP contribution in [0, 0.1) is 25.5 Å². The van der Waals surface area contributed by atoms with Gasteiger partial charge in [0.15, 0.2) is 11.6 Å². The molecule has 2 aromatic rings. The van der Waals surface area contributed by atoms with Gasteiger partial charge in [-0.2, -0.15) is 5.10 Å². The summed E-state index contributed by atoms with van der Waals surface area (Å²) in [6.45, 7) is 7.21. The minimum atomic E-state index is -0.911. The minimum Gasteiger partial charge on any atom is -0.322 e. The normalized spacial score (nSPS) is 11.6. The third kappa shape index (κ3) is 3.92. The number of carbonyl (C=O) groups is 1. The molecule has 1 aromatic carbocycles. The maximum Gasteiger partial charge on any atom is 0.238 e. The first-order chi connectivity index (χ1) is 10.7. The molecule has 1 heterocycles. The molecule has 0 saturated carbocycles. The van der Waals surface area contributed by atoms with Gasteiger partial charge in [-0.3, -0.25) is 15.2 Å². The Hall–Kier alpha value is -2.28. The quantitative estimate of drug-likeness (QED) is 0.793. The summed E-state index contributed by atoms with van der Waals surface area (Å²) in [5.41, 5.74) is 2.00. The van der Waals surface area contributed by atoms with Crippen LogP contribution in [0.2, 0.25) is 0 Å². The van der Waals surface area contributed by atoms with Crippen molar-refractivity contribution >= 4 is 11.6 Å². The van der Waals surface area contributed by atoms with E-state index in [4.69, 9.17) is 0 Å². The van der Waals surface area contributed by atoms with Crippen molar-refractivity contribution in [3.05, 3.63) is 46.8 Å². The number of aromatic nitrogens is 2. The number of rotatable bonds is 5. The van der Waals surface area contributed by atoms with Gasteiger partial charge in [-0.1, -0.05) is 6.07 Å². The predicted octanol–water partition coefficient (Wildman–Crippen LogP) is 2.77. The molecule has 0 atom stereocenters. The van der Waals surface area contributed by atoms with Gasteiger partial charge in [-0.15, -0.1) is 0 Å². The van der Waals surface area contributed by atoms with Crippen molar-refractivity contribution in [2.24, 2.45) is 0 Å². The van der Waals surface area contributed by atoms with Crippen LogP contribution < -0.4 is 10.6 Å². The molecule has 0 aliphatic carbocycles. The summed E-state index contributed by atoms with van der Waals surface area (Å²) in [7, 11) is 0. The van der Waals surface area contributed by atoms with E-state index < -0.39 is 17.2 Å². The third-order valence-corrected chi connectivity index (χ3v) is 3.72. The summed E-state index contributed by atoms with van der Waals surface area (Å²) in [6, 6.07) is 3.70. The summed E-state index contributed by atoms with van der Waals surface area (Å²) in [6.07, 6.45) is 0. The molecule has 0 radical (unpaired) electrons. The summed E-state index contributed by atoms with van der Waals surface area (Å²) in [4.78, 5) is 12.1. The fourth-order valence-electron chi connectivity index (χ4n) is 2.21. The second-order valence-electron chi connectivity index (χ2n) is 5.96. The predicted molar refractivity (Wildman–Crippen MR) is 84.1 cm³/mol. The summed E-state index contributed by atoms with van der Waals surface area (Å²) in [5.74, 6) is -2.05. The van der Waals surface area contributed by atoms with Crippen LogP contribution >= 0.6 is 0 Å². The Morgan fingerprint density at radius 3 is 2.52 bits per heavy atom. The highest BCUT2D eigenvalue weighted by atomic mass is 19.2. The Morgan fingerprint density at radius 1 is 1.26 bits per heavy atom. The fourth-order valence-corrected chi connectivity index (χ4v) is 2.21. The highest BCUT2D eigenvalue weighted by Crippen LogP contribution is 2.22. The van der Waals surface area contributed by atoms with E-state index in [0.717, 1.165) is 17.8 Å². The number of aromatic amines is 1. The lowest BCUT2D eigenvalue weighted by molar-refractivity contribution is -0.115. The van der Waals surface area contributed by atoms with Crippen LogP contribution in [-0.4, -0.2) is 22.6 Å². The highest BCUT2D eigenvalue weighted by Gasteiger charge is 2.22. The Kier molecular flexibility index (Phi) is 4.79. The van der Waals surface area contributed by atoms with Gasteiger partial charge in [0.2, 0.25) is 5.91 Å². The lowest BCUT2D eigenvalue weighted by atomic mass is 9.94. The second kappa shape index (κ2) is 6.45. The number of H-pyrrole nitrogens is 1. The van der Waals surface area contributed by atoms with Crippen molar-refractivity contribution in [2.45, 2.75) is 33.2 Å². The van der Waals surface area contributed by atoms with E-state index in [-0.39, 0.29) is 12.5 Å². The van der Waals surface area contributed by atoms with Gasteiger partial charge in [0.25, 0.3) is 0 Å². The number of carbonyl (C=O) groups excluding carboxylic acids is 1. The molecule has 3 N–H and O–H groups in total. The molecule has 1 aromatic heterocycles. The first kappa shape index (κ1) is 17.1. The van der Waals surface area contributed by atoms with Gasteiger partial charge < -0.3 is 5.32 Å². The van der Waals surface area contributed by atoms with E-state index >= 15 is 0 Å². The maximum absolute atomic E-state index is 13.4. The monoisotopic (exact) mass is 322 g/mol. The number of amides is 1. The molecular weight excluding hydrogens is 302 g/mol. The number of hydrogen-bond donors (Lipinski definition) is 3. The van der Waals surface area contributed by atoms with Crippen LogP contribution in [0.1, 0.15) is 30.8 Å². The van der Waals surface area contributed by atoms with Gasteiger partial charge in [0.05, 0.1) is 23.6 Å². The lowest BCUT2D eigenvalue weighted by Crippen LogP contribution is -2.41. The van der Waals surface area contributed by atoms with Crippen molar-refractivity contribution in [1.82, 2.24) is 15.5 Å². The molecule has 5 nitrogen and oxygen atoms in total. The Morgan fingerprint density at radius 2 is 1.96 bits per heavy atom. The molecule has 0 spiro atoms. The number of hydrogen-bond acceptors (Lipinski definition) is 3. The molecule has 0 aliphatic rings. The van der Waals surface area contributed by atoms with E-state index in [1.54, 1.807) is 20.8 Å². The fraction of sp³-hybridized carbons (Fsp3) is 0.375. The van der Waals surface area contributed by atoms with Crippen LogP contribution in [-0.2, 0) is 10.3 Å². The topological polar surface area (TPSA) is 69.8 Å². The number of nitrogens with one attached hydrogen (secondary N) is 3. The molecule has 2 rings (SSSR count). The first-order valence-electron chi connectivity index (χ1n) is 7.22. The maximum atomic E-state index is 13.4. The SMILES string of the molecule is Cc1n[nH]c(C)c1NC(=O)CNC(C)(C)c1ccc(F)c(F)c1. The number of halogens is 2. The van der Waals surface area contributed by atoms with E-state index in [2.05, 4.69) is 20.8 Å². The molecule has 124 valence electrons. The smallest absolute Gasteiger partial charge is 0.238 e. The minimum absolute atomic E-state index is 0.0239. The van der Waals surface area contributed by atoms with Crippen LogP contribution in [0.4, 0.5) is 14.5 Å². The van der Waals surface area contributed by atoms with Crippen LogP contribution in [0.25, 0.3) is 0 Å². The Balaban J connectivity index is 2.01. The molecule has 0 saturated heterocycles. The zero-order chi connectivity index (χ0) is 17.2. The van der Waals surface area contributed by atoms with Gasteiger partial charge in [0.1, 0.15) is 0 Å². The zero-order valence-corrected chi connectivity index (χ0v) is 13.6. The molecule has 7 heteroatoms. The lowest BCUT2D eigenvalue weighted by Gasteiger charge is -2.27. The average Bonchev–Trinajstić information content (AvgIpc) is 2.80. The number of nitrogens with zero attached hydrogens (tertiary/aromatic N) is 1. The largest absolute Gasteiger partial charge is 0.322 e. The van der Waals surface area contributed by atoms with Crippen molar-refractivity contribution in [3.63, 3.8) is 0 Å². The van der Waals surface area contributed by atoms with Crippen molar-refractivity contribution in [2.75, 3.05) is 11.9 Å². The van der Waals surface area contributed by atoms with E-state index in [1.807, 2.05) is 6.92 Å². The molecule has 0 aliphatic heterocycles. The molecular formula is C16H20F2N4O. The van der Waals surface area contributed by atoms with Crippen LogP contribution in [0.5, 0.6) is 0 Å². The van der Waals surface area contributed by atoms with E-state index in [1.165, 1.54) is 6.07 Å². The summed E-state index contributed by atoms with van der Waals surface area (Å²) in [5, 5.41) is 12.6. The van der Waals surface area contributed by atoms with Gasteiger partial charge in [-0.05, 0) is 45.4 Å². The number of aryl methyl sites for hydroxylation is 2. The standard InChI is InChI=1S/C16H20F2N4O/c1-9-15(10(2)22-21-9)20-14(23)8-19-16(3,4)11-5-6-12(17)13(18)7-11/h5-7,19H,8H2,1-4H3,(H,20,23)(H,21,22). The van der Waals surface area contributed by atoms with E-state index in [9.17, 15) is 13.6 Å². The van der Waals surface area contributed by atoms with Gasteiger partial charge in [0, 0.05) is 5.54 Å².